The highest BCUT2D eigenvalue weighted by Gasteiger charge is 2.33. The molecule has 11 N–H and O–H groups in total. The number of ketones is 2. The summed E-state index contributed by atoms with van der Waals surface area (Å²) in [5.41, 5.74) is 12.2. The van der Waals surface area contributed by atoms with Gasteiger partial charge in [-0.25, -0.2) is 9.59 Å². The van der Waals surface area contributed by atoms with Crippen molar-refractivity contribution < 1.29 is 71.8 Å². The first-order chi connectivity index (χ1) is 38.8. The summed E-state index contributed by atoms with van der Waals surface area (Å²) in [6.45, 7) is 9.08. The molecule has 11 amide bonds. The summed E-state index contributed by atoms with van der Waals surface area (Å²) in [7, 11) is 0. The first-order valence-electron chi connectivity index (χ1n) is 26.6. The van der Waals surface area contributed by atoms with E-state index in [0.717, 1.165) is 17.1 Å². The van der Waals surface area contributed by atoms with E-state index in [2.05, 4.69) is 37.2 Å². The van der Waals surface area contributed by atoms with Crippen LogP contribution in [0, 0.1) is 17.8 Å². The largest absolute Gasteiger partial charge is 0.461 e. The van der Waals surface area contributed by atoms with Crippen molar-refractivity contribution >= 4 is 88.3 Å². The topological polar surface area (TPSA) is 380 Å². The summed E-state index contributed by atoms with van der Waals surface area (Å²) in [4.78, 5) is 169. The van der Waals surface area contributed by atoms with E-state index in [0.29, 0.717) is 22.5 Å². The molecule has 0 aromatic heterocycles. The zero-order valence-electron chi connectivity index (χ0n) is 46.7. The maximum Gasteiger partial charge on any atom is 0.312 e. The average molecular weight is 1140 g/mol. The fraction of sp³-hybridized carbons (Fsp3) is 0.421. The maximum absolute atomic E-state index is 14.4. The van der Waals surface area contributed by atoms with Crippen LogP contribution in [0.2, 0.25) is 0 Å². The predicted octanol–water partition coefficient (Wildman–Crippen LogP) is 2.98. The standard InChI is InChI=1S/C57H72N10O15/c1-32(2)49(46(71)29-39(9-7-22-60-56(58)79)51(74)62-42-15-11-36(12-16-42)30-81-34(5)68)65-52(75)40-25-38(27-44(70)21-24-67-47(72)19-20-48(67)73)26-41(28-40)53(76)66-50(33(3)4)55(78)64-45(10-8-23-61-57(59)80)54(77)63-43-17-13-37(14-18-43)31-82-35(6)69/h11-20,25-26,28,32-33,39,45,49-50H,7-10,21-24,27,29-31H2,1-6H3,(H,62,74)(H,63,77)(H,64,78)(H,65,75)(H,66,76)(H3,58,60,79)(H3,59,61,80)/t39-,45+,49+,50+/m1/s1. The molecule has 1 heterocycles. The Labute approximate surface area is 474 Å². The molecule has 25 nitrogen and oxygen atoms in total. The van der Waals surface area contributed by atoms with Crippen molar-refractivity contribution in [3.05, 3.63) is 107 Å². The number of anilines is 2. The van der Waals surface area contributed by atoms with Crippen LogP contribution in [0.15, 0.2) is 78.9 Å². The number of esters is 2. The van der Waals surface area contributed by atoms with Crippen molar-refractivity contribution in [1.29, 1.82) is 0 Å². The first kappa shape index (κ1) is 65.2. The minimum absolute atomic E-state index is 0.00409. The highest BCUT2D eigenvalue weighted by Crippen LogP contribution is 2.22. The first-order valence-corrected chi connectivity index (χ1v) is 26.6. The number of nitrogens with two attached hydrogens (primary N) is 2. The van der Waals surface area contributed by atoms with E-state index in [4.69, 9.17) is 20.9 Å². The molecule has 0 bridgehead atoms. The molecule has 0 unspecified atom stereocenters. The Balaban J connectivity index is 1.61. The molecule has 1 aliphatic rings. The van der Waals surface area contributed by atoms with Gasteiger partial charge in [0.2, 0.25) is 17.7 Å². The molecule has 25 heteroatoms. The molecule has 4 rings (SSSR count). The zero-order valence-corrected chi connectivity index (χ0v) is 46.7. The zero-order chi connectivity index (χ0) is 60.6. The van der Waals surface area contributed by atoms with Gasteiger partial charge >= 0.3 is 24.0 Å². The number of hydrogen-bond acceptors (Lipinski definition) is 15. The Hall–Kier alpha value is -9.29. The van der Waals surface area contributed by atoms with Crippen molar-refractivity contribution in [2.24, 2.45) is 29.2 Å². The molecule has 3 aromatic rings. The Bertz CT molecular complexity index is 2710. The number of primary amides is 2. The number of carbonyl (C=O) groups excluding carboxylic acids is 13. The van der Waals surface area contributed by atoms with Crippen LogP contribution in [0.3, 0.4) is 0 Å². The number of nitrogens with zero attached hydrogens (tertiary/aromatic N) is 1. The van der Waals surface area contributed by atoms with Gasteiger partial charge < -0.3 is 58.2 Å². The van der Waals surface area contributed by atoms with Crippen molar-refractivity contribution in [2.75, 3.05) is 30.3 Å². The van der Waals surface area contributed by atoms with Crippen molar-refractivity contribution in [3.8, 4) is 0 Å². The summed E-state index contributed by atoms with van der Waals surface area (Å²) in [5.74, 6) is -9.01. The van der Waals surface area contributed by atoms with E-state index in [1.165, 1.54) is 32.0 Å². The van der Waals surface area contributed by atoms with Gasteiger partial charge in [0.25, 0.3) is 23.6 Å². The number of nitrogens with one attached hydrogen (secondary N) is 7. The van der Waals surface area contributed by atoms with Gasteiger partial charge in [0.15, 0.2) is 5.78 Å². The fourth-order valence-corrected chi connectivity index (χ4v) is 8.38. The lowest BCUT2D eigenvalue weighted by Gasteiger charge is -2.26. The Morgan fingerprint density at radius 2 is 1.02 bits per heavy atom. The number of ether oxygens (including phenoxy) is 2. The van der Waals surface area contributed by atoms with E-state index >= 15 is 0 Å². The van der Waals surface area contributed by atoms with Gasteiger partial charge in [-0.3, -0.25) is 57.6 Å². The highest BCUT2D eigenvalue weighted by atomic mass is 16.5. The smallest absolute Gasteiger partial charge is 0.312 e. The molecule has 0 saturated heterocycles. The monoisotopic (exact) mass is 1140 g/mol. The van der Waals surface area contributed by atoms with Gasteiger partial charge in [0, 0.05) is 93.3 Å². The third kappa shape index (κ3) is 22.1. The molecule has 3 aromatic carbocycles. The number of rotatable bonds is 32. The molecule has 0 fully saturated rings. The molecule has 0 aliphatic carbocycles. The minimum atomic E-state index is -1.31. The Morgan fingerprint density at radius 3 is 1.49 bits per heavy atom. The number of benzene rings is 3. The lowest BCUT2D eigenvalue weighted by molar-refractivity contribution is -0.143. The van der Waals surface area contributed by atoms with Crippen molar-refractivity contribution in [1.82, 2.24) is 31.5 Å². The van der Waals surface area contributed by atoms with Crippen LogP contribution in [0.4, 0.5) is 21.0 Å². The van der Waals surface area contributed by atoms with Gasteiger partial charge in [-0.05, 0) is 96.7 Å². The molecule has 0 spiro atoms. The average Bonchev–Trinajstić information content (AvgIpc) is 3.83. The van der Waals surface area contributed by atoms with E-state index in [1.807, 2.05) is 0 Å². The van der Waals surface area contributed by atoms with E-state index < -0.39 is 119 Å². The summed E-state index contributed by atoms with van der Waals surface area (Å²) < 4.78 is 10.0. The number of amides is 11. The normalized spacial score (nSPS) is 13.2. The van der Waals surface area contributed by atoms with Crippen LogP contribution in [-0.2, 0) is 72.3 Å². The second-order valence-corrected chi connectivity index (χ2v) is 20.2. The van der Waals surface area contributed by atoms with Gasteiger partial charge in [0.1, 0.15) is 31.1 Å². The lowest BCUT2D eigenvalue weighted by atomic mass is 9.89. The molecular formula is C57H72N10O15. The predicted molar refractivity (Wildman–Crippen MR) is 298 cm³/mol. The van der Waals surface area contributed by atoms with Crippen molar-refractivity contribution in [2.45, 2.75) is 118 Å². The van der Waals surface area contributed by atoms with Crippen LogP contribution in [0.1, 0.15) is 117 Å². The highest BCUT2D eigenvalue weighted by molar-refractivity contribution is 6.13. The quantitative estimate of drug-likeness (QED) is 0.0247. The van der Waals surface area contributed by atoms with E-state index in [1.54, 1.807) is 76.2 Å². The van der Waals surface area contributed by atoms with Crippen LogP contribution in [-0.4, -0.2) is 120 Å². The molecule has 440 valence electrons. The van der Waals surface area contributed by atoms with E-state index in [-0.39, 0.29) is 88.1 Å². The summed E-state index contributed by atoms with van der Waals surface area (Å²) in [6, 6.07) is 11.4. The lowest BCUT2D eigenvalue weighted by Crippen LogP contribution is -2.54. The summed E-state index contributed by atoms with van der Waals surface area (Å²) in [5, 5.41) is 18.5. The maximum atomic E-state index is 14.4. The van der Waals surface area contributed by atoms with Crippen LogP contribution in [0.25, 0.3) is 0 Å². The number of imide groups is 1. The number of hydrogen-bond donors (Lipinski definition) is 9. The molecule has 1 aliphatic heterocycles. The Morgan fingerprint density at radius 1 is 0.561 bits per heavy atom. The van der Waals surface area contributed by atoms with Gasteiger partial charge in [-0.2, -0.15) is 0 Å². The van der Waals surface area contributed by atoms with Crippen LogP contribution in [0.5, 0.6) is 0 Å². The van der Waals surface area contributed by atoms with E-state index in [9.17, 15) is 62.3 Å². The minimum Gasteiger partial charge on any atom is -0.461 e. The molecular weight excluding hydrogens is 1060 g/mol. The summed E-state index contributed by atoms with van der Waals surface area (Å²) >= 11 is 0. The second-order valence-electron chi connectivity index (χ2n) is 20.2. The Kier molecular flexibility index (Phi) is 25.5. The number of carbonyl (C=O) groups is 13. The molecule has 0 radical (unpaired) electrons. The van der Waals surface area contributed by atoms with Crippen LogP contribution >= 0.6 is 0 Å². The SMILES string of the molecule is CC(=O)OCc1ccc(NC(=O)[C@H](CCCNC(N)=O)CC(=O)[C@@H](NC(=O)c2cc(CC(=O)CCN3C(=O)C=CC3=O)cc(C(=O)N[C@H](C(=O)N[C@@H](CCCNC(N)=O)C(=O)Nc3ccc(COC(C)=O)cc3)C(C)C)c2)C(C)C)cc1. The molecule has 4 atom stereocenters. The van der Waals surface area contributed by atoms with Crippen molar-refractivity contribution in [3.63, 3.8) is 0 Å². The fourth-order valence-electron chi connectivity index (χ4n) is 8.38. The van der Waals surface area contributed by atoms with Gasteiger partial charge in [-0.15, -0.1) is 0 Å². The number of urea groups is 2. The third-order valence-corrected chi connectivity index (χ3v) is 12.7. The molecule has 82 heavy (non-hydrogen) atoms. The second kappa shape index (κ2) is 32.1. The number of Topliss-reactive ketones (excluding diaryl/α,β-unsaturated/α-hetero) is 2. The summed E-state index contributed by atoms with van der Waals surface area (Å²) in [6.07, 6.45) is 1.66. The molecule has 0 saturated carbocycles. The third-order valence-electron chi connectivity index (χ3n) is 12.7. The van der Waals surface area contributed by atoms with Gasteiger partial charge in [-0.1, -0.05) is 52.0 Å². The van der Waals surface area contributed by atoms with Crippen LogP contribution < -0.4 is 48.7 Å². The van der Waals surface area contributed by atoms with Gasteiger partial charge in [0.05, 0.1) is 6.04 Å².